The van der Waals surface area contributed by atoms with Gasteiger partial charge < -0.3 is 4.42 Å². The lowest BCUT2D eigenvalue weighted by Crippen LogP contribution is -2.32. The molecular formula is C18H17FN2OS. The van der Waals surface area contributed by atoms with E-state index >= 15 is 0 Å². The molecule has 0 aliphatic carbocycles. The highest BCUT2D eigenvalue weighted by atomic mass is 32.1. The van der Waals surface area contributed by atoms with Gasteiger partial charge in [-0.2, -0.15) is 0 Å². The van der Waals surface area contributed by atoms with Gasteiger partial charge in [-0.15, -0.1) is 11.3 Å². The minimum atomic E-state index is -0.248. The molecule has 3 nitrogen and oxygen atoms in total. The summed E-state index contributed by atoms with van der Waals surface area (Å²) in [7, 11) is 0. The number of thiophene rings is 1. The Kier molecular flexibility index (Phi) is 3.75. The van der Waals surface area contributed by atoms with Crippen LogP contribution in [-0.4, -0.2) is 16.4 Å². The Labute approximate surface area is 138 Å². The fourth-order valence-corrected chi connectivity index (χ4v) is 4.04. The van der Waals surface area contributed by atoms with E-state index in [-0.39, 0.29) is 5.82 Å². The topological polar surface area (TPSA) is 29.3 Å². The fraction of sp³-hybridized carbons (Fsp3) is 0.278. The zero-order chi connectivity index (χ0) is 15.8. The first-order valence-electron chi connectivity index (χ1n) is 7.71. The number of nitrogens with zero attached hydrogens (tertiary/aromatic N) is 2. The van der Waals surface area contributed by atoms with E-state index in [2.05, 4.69) is 28.3 Å². The number of oxazole rings is 1. The molecule has 1 aliphatic heterocycles. The third-order valence-electron chi connectivity index (χ3n) is 4.42. The molecule has 0 saturated heterocycles. The van der Waals surface area contributed by atoms with Crippen LogP contribution in [0.3, 0.4) is 0 Å². The van der Waals surface area contributed by atoms with Gasteiger partial charge in [-0.3, -0.25) is 4.90 Å². The van der Waals surface area contributed by atoms with E-state index in [9.17, 15) is 4.39 Å². The third kappa shape index (κ3) is 2.82. The predicted molar refractivity (Wildman–Crippen MR) is 88.7 cm³/mol. The summed E-state index contributed by atoms with van der Waals surface area (Å²) < 4.78 is 18.9. The summed E-state index contributed by atoms with van der Waals surface area (Å²) >= 11 is 1.84. The molecule has 3 heterocycles. The van der Waals surface area contributed by atoms with E-state index in [1.807, 2.05) is 11.3 Å². The highest BCUT2D eigenvalue weighted by molar-refractivity contribution is 7.10. The van der Waals surface area contributed by atoms with Crippen molar-refractivity contribution in [3.05, 3.63) is 64.1 Å². The van der Waals surface area contributed by atoms with Crippen LogP contribution >= 0.6 is 11.3 Å². The molecule has 118 valence electrons. The molecule has 0 radical (unpaired) electrons. The van der Waals surface area contributed by atoms with Crippen LogP contribution in [0.4, 0.5) is 4.39 Å². The molecule has 4 rings (SSSR count). The first kappa shape index (κ1) is 14.6. The summed E-state index contributed by atoms with van der Waals surface area (Å²) in [5, 5.41) is 2.17. The van der Waals surface area contributed by atoms with Crippen LogP contribution in [0.1, 0.15) is 29.3 Å². The second kappa shape index (κ2) is 5.91. The average Bonchev–Trinajstić information content (AvgIpc) is 3.20. The molecule has 0 unspecified atom stereocenters. The van der Waals surface area contributed by atoms with Gasteiger partial charge in [0.1, 0.15) is 5.82 Å². The molecule has 5 heteroatoms. The van der Waals surface area contributed by atoms with Crippen LogP contribution in [0.15, 0.2) is 46.3 Å². The van der Waals surface area contributed by atoms with Crippen molar-refractivity contribution in [1.29, 1.82) is 0 Å². The van der Waals surface area contributed by atoms with Gasteiger partial charge in [0.25, 0.3) is 0 Å². The number of fused-ring (bicyclic) bond motifs is 1. The van der Waals surface area contributed by atoms with E-state index in [1.54, 1.807) is 18.3 Å². The minimum absolute atomic E-state index is 0.248. The monoisotopic (exact) mass is 328 g/mol. The maximum atomic E-state index is 13.0. The van der Waals surface area contributed by atoms with Gasteiger partial charge in [-0.05, 0) is 54.6 Å². The summed E-state index contributed by atoms with van der Waals surface area (Å²) in [6, 6.07) is 8.88. The van der Waals surface area contributed by atoms with Crippen molar-refractivity contribution in [1.82, 2.24) is 9.88 Å². The molecule has 0 saturated carbocycles. The zero-order valence-electron chi connectivity index (χ0n) is 12.8. The van der Waals surface area contributed by atoms with Crippen molar-refractivity contribution in [3.8, 4) is 11.3 Å². The lowest BCUT2D eigenvalue weighted by molar-refractivity contribution is 0.174. The highest BCUT2D eigenvalue weighted by Crippen LogP contribution is 2.33. The van der Waals surface area contributed by atoms with Gasteiger partial charge in [-0.25, -0.2) is 9.37 Å². The molecule has 2 aromatic heterocycles. The van der Waals surface area contributed by atoms with Crippen LogP contribution in [-0.2, 0) is 13.0 Å². The Bertz CT molecular complexity index is 809. The first-order valence-corrected chi connectivity index (χ1v) is 8.59. The summed E-state index contributed by atoms with van der Waals surface area (Å²) in [5.41, 5.74) is 2.27. The standard InChI is InChI=1S/C18H17FN2OS/c1-12-15-7-9-23-17(15)6-8-21(12)11-18-20-10-16(22-18)13-2-4-14(19)5-3-13/h2-5,7,9-10,12H,6,8,11H2,1H3/t12-/m1/s1. The molecular weight excluding hydrogens is 311 g/mol. The van der Waals surface area contributed by atoms with Crippen LogP contribution in [0.2, 0.25) is 0 Å². The van der Waals surface area contributed by atoms with Gasteiger partial charge in [0.15, 0.2) is 5.76 Å². The molecule has 0 fully saturated rings. The van der Waals surface area contributed by atoms with Gasteiger partial charge >= 0.3 is 0 Å². The van der Waals surface area contributed by atoms with Gasteiger partial charge in [0.05, 0.1) is 12.7 Å². The van der Waals surface area contributed by atoms with Crippen molar-refractivity contribution in [2.45, 2.75) is 25.9 Å². The largest absolute Gasteiger partial charge is 0.439 e. The minimum Gasteiger partial charge on any atom is -0.439 e. The summed E-state index contributed by atoms with van der Waals surface area (Å²) in [5.74, 6) is 1.14. The number of hydrogen-bond donors (Lipinski definition) is 0. The highest BCUT2D eigenvalue weighted by Gasteiger charge is 2.25. The Morgan fingerprint density at radius 2 is 2.13 bits per heavy atom. The molecule has 23 heavy (non-hydrogen) atoms. The lowest BCUT2D eigenvalue weighted by Gasteiger charge is -2.32. The van der Waals surface area contributed by atoms with Gasteiger partial charge in [0.2, 0.25) is 5.89 Å². The Morgan fingerprint density at radius 3 is 2.96 bits per heavy atom. The number of rotatable bonds is 3. The first-order chi connectivity index (χ1) is 11.2. The molecule has 0 N–H and O–H groups in total. The van der Waals surface area contributed by atoms with Gasteiger partial charge in [0, 0.05) is 23.0 Å². The number of aromatic nitrogens is 1. The lowest BCUT2D eigenvalue weighted by atomic mass is 10.0. The molecule has 0 amide bonds. The van der Waals surface area contributed by atoms with Crippen molar-refractivity contribution in [3.63, 3.8) is 0 Å². The van der Waals surface area contributed by atoms with Crippen molar-refractivity contribution < 1.29 is 8.81 Å². The Balaban J connectivity index is 1.51. The Hall–Kier alpha value is -1.98. The molecule has 1 aliphatic rings. The third-order valence-corrected chi connectivity index (χ3v) is 5.42. The van der Waals surface area contributed by atoms with Gasteiger partial charge in [-0.1, -0.05) is 0 Å². The van der Waals surface area contributed by atoms with E-state index in [1.165, 1.54) is 22.6 Å². The van der Waals surface area contributed by atoms with Crippen molar-refractivity contribution in [2.75, 3.05) is 6.54 Å². The second-order valence-electron chi connectivity index (χ2n) is 5.82. The normalized spacial score (nSPS) is 18.1. The Morgan fingerprint density at radius 1 is 1.30 bits per heavy atom. The summed E-state index contributed by atoms with van der Waals surface area (Å²) in [4.78, 5) is 8.27. The van der Waals surface area contributed by atoms with Crippen LogP contribution < -0.4 is 0 Å². The van der Waals surface area contributed by atoms with Crippen LogP contribution in [0.5, 0.6) is 0 Å². The fourth-order valence-electron chi connectivity index (χ4n) is 3.08. The van der Waals surface area contributed by atoms with E-state index in [0.717, 1.165) is 18.5 Å². The molecule has 1 aromatic carbocycles. The average molecular weight is 328 g/mol. The van der Waals surface area contributed by atoms with E-state index in [0.29, 0.717) is 24.2 Å². The molecule has 0 spiro atoms. The maximum absolute atomic E-state index is 13.0. The molecule has 1 atom stereocenters. The number of hydrogen-bond acceptors (Lipinski definition) is 4. The van der Waals surface area contributed by atoms with E-state index < -0.39 is 0 Å². The summed E-state index contributed by atoms with van der Waals surface area (Å²) in [6.07, 6.45) is 2.80. The van der Waals surface area contributed by atoms with Crippen LogP contribution in [0.25, 0.3) is 11.3 Å². The second-order valence-corrected chi connectivity index (χ2v) is 6.82. The van der Waals surface area contributed by atoms with Crippen molar-refractivity contribution >= 4 is 11.3 Å². The molecule has 0 bridgehead atoms. The smallest absolute Gasteiger partial charge is 0.209 e. The van der Waals surface area contributed by atoms with Crippen LogP contribution in [0, 0.1) is 5.82 Å². The summed E-state index contributed by atoms with van der Waals surface area (Å²) in [6.45, 7) is 3.94. The quantitative estimate of drug-likeness (QED) is 0.700. The zero-order valence-corrected chi connectivity index (χ0v) is 13.6. The number of benzene rings is 1. The number of halogens is 1. The SMILES string of the molecule is C[C@@H]1c2ccsc2CCN1Cc1ncc(-c2ccc(F)cc2)o1. The van der Waals surface area contributed by atoms with E-state index in [4.69, 9.17) is 4.42 Å². The predicted octanol–water partition coefficient (Wildman–Crippen LogP) is 4.66. The maximum Gasteiger partial charge on any atom is 0.209 e. The van der Waals surface area contributed by atoms with Crippen molar-refractivity contribution in [2.24, 2.45) is 0 Å². The molecule has 3 aromatic rings.